The number of ether oxygens (including phenoxy) is 1. The molecule has 0 saturated heterocycles. The molecule has 84 valence electrons. The first kappa shape index (κ1) is 13.4. The van der Waals surface area contributed by atoms with Crippen molar-refractivity contribution in [3.05, 3.63) is 0 Å². The van der Waals surface area contributed by atoms with Crippen molar-refractivity contribution in [3.8, 4) is 0 Å². The highest BCUT2D eigenvalue weighted by molar-refractivity contribution is 5.76. The van der Waals surface area contributed by atoms with E-state index in [1.54, 1.807) is 7.11 Å². The average molecular weight is 201 g/mol. The van der Waals surface area contributed by atoms with Gasteiger partial charge in [-0.2, -0.15) is 0 Å². The van der Waals surface area contributed by atoms with Crippen molar-refractivity contribution in [3.63, 3.8) is 0 Å². The smallest absolute Gasteiger partial charge is 0.220 e. The highest BCUT2D eigenvalue weighted by Gasteiger charge is 2.14. The van der Waals surface area contributed by atoms with E-state index in [-0.39, 0.29) is 11.3 Å². The fraction of sp³-hybridized carbons (Fsp3) is 0.909. The Morgan fingerprint density at radius 2 is 1.93 bits per heavy atom. The third kappa shape index (κ3) is 9.52. The zero-order valence-corrected chi connectivity index (χ0v) is 9.85. The molecule has 0 rings (SSSR count). The molecule has 0 radical (unpaired) electrons. The molecule has 0 bridgehead atoms. The summed E-state index contributed by atoms with van der Waals surface area (Å²) in [5, 5.41) is 2.90. The summed E-state index contributed by atoms with van der Waals surface area (Å²) in [6.45, 7) is 7.74. The molecule has 14 heavy (non-hydrogen) atoms. The molecule has 3 nitrogen and oxygen atoms in total. The summed E-state index contributed by atoms with van der Waals surface area (Å²) in [6.07, 6.45) is 2.59. The first-order valence-corrected chi connectivity index (χ1v) is 5.21. The van der Waals surface area contributed by atoms with E-state index in [1.807, 2.05) is 0 Å². The molecule has 0 atom stereocenters. The quantitative estimate of drug-likeness (QED) is 0.667. The van der Waals surface area contributed by atoms with Crippen LogP contribution in [0.15, 0.2) is 0 Å². The van der Waals surface area contributed by atoms with E-state index < -0.39 is 0 Å². The van der Waals surface area contributed by atoms with Crippen LogP contribution in [0.2, 0.25) is 0 Å². The monoisotopic (exact) mass is 201 g/mol. The Bertz CT molecular complexity index is 161. The maximum Gasteiger partial charge on any atom is 0.220 e. The van der Waals surface area contributed by atoms with Gasteiger partial charge in [0.2, 0.25) is 5.91 Å². The van der Waals surface area contributed by atoms with Gasteiger partial charge < -0.3 is 10.1 Å². The van der Waals surface area contributed by atoms with E-state index in [0.29, 0.717) is 6.42 Å². The van der Waals surface area contributed by atoms with Gasteiger partial charge in [0.05, 0.1) is 0 Å². The molecule has 3 heteroatoms. The van der Waals surface area contributed by atoms with Crippen molar-refractivity contribution in [2.75, 3.05) is 20.3 Å². The van der Waals surface area contributed by atoms with Crippen LogP contribution in [0.1, 0.15) is 40.0 Å². The van der Waals surface area contributed by atoms with Gasteiger partial charge >= 0.3 is 0 Å². The van der Waals surface area contributed by atoms with Crippen LogP contribution in [0, 0.1) is 5.41 Å². The SMILES string of the molecule is COCCCCNC(=O)CC(C)(C)C. The highest BCUT2D eigenvalue weighted by Crippen LogP contribution is 2.17. The highest BCUT2D eigenvalue weighted by atomic mass is 16.5. The number of carbonyl (C=O) groups is 1. The number of nitrogens with one attached hydrogen (secondary N) is 1. The molecule has 0 aliphatic rings. The summed E-state index contributed by atoms with van der Waals surface area (Å²) < 4.78 is 4.92. The summed E-state index contributed by atoms with van der Waals surface area (Å²) in [7, 11) is 1.69. The minimum atomic E-state index is 0.0800. The predicted molar refractivity (Wildman–Crippen MR) is 58.2 cm³/mol. The minimum absolute atomic E-state index is 0.0800. The molecule has 0 aliphatic carbocycles. The first-order valence-electron chi connectivity index (χ1n) is 5.21. The topological polar surface area (TPSA) is 38.3 Å². The predicted octanol–water partition coefficient (Wildman–Crippen LogP) is 1.97. The molecule has 0 spiro atoms. The van der Waals surface area contributed by atoms with Gasteiger partial charge in [0.1, 0.15) is 0 Å². The Balaban J connectivity index is 3.36. The number of methoxy groups -OCH3 is 1. The molecular weight excluding hydrogens is 178 g/mol. The molecule has 1 amide bonds. The third-order valence-electron chi connectivity index (χ3n) is 1.79. The summed E-state index contributed by atoms with van der Waals surface area (Å²) in [5.74, 6) is 0.148. The molecule has 0 aromatic carbocycles. The van der Waals surface area contributed by atoms with Crippen molar-refractivity contribution in [1.29, 1.82) is 0 Å². The Morgan fingerprint density at radius 1 is 1.29 bits per heavy atom. The maximum atomic E-state index is 11.3. The largest absolute Gasteiger partial charge is 0.385 e. The molecule has 0 aromatic heterocycles. The summed E-state index contributed by atoms with van der Waals surface area (Å²) in [4.78, 5) is 11.3. The fourth-order valence-corrected chi connectivity index (χ4v) is 1.14. The van der Waals surface area contributed by atoms with Gasteiger partial charge in [0.25, 0.3) is 0 Å². The molecule has 0 aromatic rings. The Hall–Kier alpha value is -0.570. The third-order valence-corrected chi connectivity index (χ3v) is 1.79. The normalized spacial score (nSPS) is 11.4. The van der Waals surface area contributed by atoms with Gasteiger partial charge in [0.15, 0.2) is 0 Å². The zero-order chi connectivity index (χ0) is 11.0. The van der Waals surface area contributed by atoms with Gasteiger partial charge in [-0.3, -0.25) is 4.79 Å². The van der Waals surface area contributed by atoms with Crippen molar-refractivity contribution >= 4 is 5.91 Å². The Kier molecular flexibility index (Phi) is 6.54. The molecule has 0 aliphatic heterocycles. The summed E-state index contributed by atoms with van der Waals surface area (Å²) in [5.41, 5.74) is 0.0800. The maximum absolute atomic E-state index is 11.3. The lowest BCUT2D eigenvalue weighted by Crippen LogP contribution is -2.28. The second kappa shape index (κ2) is 6.82. The standard InChI is InChI=1S/C11H23NO2/c1-11(2,3)9-10(13)12-7-5-6-8-14-4/h5-9H2,1-4H3,(H,12,13). The van der Waals surface area contributed by atoms with E-state index in [1.165, 1.54) is 0 Å². The Labute approximate surface area is 87.2 Å². The van der Waals surface area contributed by atoms with E-state index in [0.717, 1.165) is 26.0 Å². The Morgan fingerprint density at radius 3 is 2.43 bits per heavy atom. The van der Waals surface area contributed by atoms with E-state index in [4.69, 9.17) is 4.74 Å². The van der Waals surface area contributed by atoms with E-state index in [2.05, 4.69) is 26.1 Å². The second-order valence-electron chi connectivity index (χ2n) is 4.79. The van der Waals surface area contributed by atoms with Crippen molar-refractivity contribution in [2.24, 2.45) is 5.41 Å². The average Bonchev–Trinajstić information content (AvgIpc) is 2.00. The zero-order valence-electron chi connectivity index (χ0n) is 9.85. The van der Waals surface area contributed by atoms with E-state index >= 15 is 0 Å². The van der Waals surface area contributed by atoms with Crippen LogP contribution >= 0.6 is 0 Å². The molecule has 0 saturated carbocycles. The first-order chi connectivity index (χ1) is 6.45. The number of rotatable bonds is 6. The number of unbranched alkanes of at least 4 members (excludes halogenated alkanes) is 1. The lowest BCUT2D eigenvalue weighted by atomic mass is 9.92. The van der Waals surface area contributed by atoms with Crippen molar-refractivity contribution in [2.45, 2.75) is 40.0 Å². The van der Waals surface area contributed by atoms with Crippen LogP contribution in [0.3, 0.4) is 0 Å². The molecular formula is C11H23NO2. The van der Waals surface area contributed by atoms with Crippen LogP contribution in [0.25, 0.3) is 0 Å². The number of hydrogen-bond acceptors (Lipinski definition) is 2. The number of amides is 1. The van der Waals surface area contributed by atoms with Crippen LogP contribution in [-0.2, 0) is 9.53 Å². The second-order valence-corrected chi connectivity index (χ2v) is 4.79. The van der Waals surface area contributed by atoms with E-state index in [9.17, 15) is 4.79 Å². The van der Waals surface area contributed by atoms with Crippen LogP contribution < -0.4 is 5.32 Å². The van der Waals surface area contributed by atoms with Crippen molar-refractivity contribution < 1.29 is 9.53 Å². The van der Waals surface area contributed by atoms with Gasteiger partial charge in [-0.05, 0) is 18.3 Å². The lowest BCUT2D eigenvalue weighted by molar-refractivity contribution is -0.122. The molecule has 0 unspecified atom stereocenters. The van der Waals surface area contributed by atoms with Crippen LogP contribution in [0.5, 0.6) is 0 Å². The molecule has 0 heterocycles. The van der Waals surface area contributed by atoms with Gasteiger partial charge in [-0.25, -0.2) is 0 Å². The molecule has 1 N–H and O–H groups in total. The minimum Gasteiger partial charge on any atom is -0.385 e. The van der Waals surface area contributed by atoms with Crippen molar-refractivity contribution in [1.82, 2.24) is 5.32 Å². The fourth-order valence-electron chi connectivity index (χ4n) is 1.14. The van der Waals surface area contributed by atoms with Crippen LogP contribution in [-0.4, -0.2) is 26.2 Å². The van der Waals surface area contributed by atoms with Gasteiger partial charge in [-0.1, -0.05) is 20.8 Å². The number of hydrogen-bond donors (Lipinski definition) is 1. The van der Waals surface area contributed by atoms with Gasteiger partial charge in [0, 0.05) is 26.7 Å². The number of carbonyl (C=O) groups excluding carboxylic acids is 1. The summed E-state index contributed by atoms with van der Waals surface area (Å²) in [6, 6.07) is 0. The van der Waals surface area contributed by atoms with Gasteiger partial charge in [-0.15, -0.1) is 0 Å². The van der Waals surface area contributed by atoms with Crippen LogP contribution in [0.4, 0.5) is 0 Å². The summed E-state index contributed by atoms with van der Waals surface area (Å²) >= 11 is 0. The molecule has 0 fully saturated rings. The lowest BCUT2D eigenvalue weighted by Gasteiger charge is -2.17.